The van der Waals surface area contributed by atoms with Gasteiger partial charge in [-0.1, -0.05) is 6.07 Å². The molecule has 1 aliphatic rings. The van der Waals surface area contributed by atoms with Crippen LogP contribution in [0.25, 0.3) is 5.69 Å². The van der Waals surface area contributed by atoms with Gasteiger partial charge in [0.05, 0.1) is 11.8 Å². The van der Waals surface area contributed by atoms with Gasteiger partial charge in [-0.25, -0.2) is 4.68 Å². The highest BCUT2D eigenvalue weighted by Crippen LogP contribution is 2.24. The lowest BCUT2D eigenvalue weighted by Crippen LogP contribution is -2.31. The smallest absolute Gasteiger partial charge is 0.143 e. The number of anilines is 1. The molecule has 2 atom stereocenters. The Kier molecular flexibility index (Phi) is 3.92. The number of methoxy groups -OCH3 is 1. The maximum Gasteiger partial charge on any atom is 0.143 e. The average molecular weight is 273 g/mol. The van der Waals surface area contributed by atoms with Crippen molar-refractivity contribution in [2.75, 3.05) is 12.4 Å². The molecule has 1 N–H and O–H groups in total. The van der Waals surface area contributed by atoms with Crippen molar-refractivity contribution < 1.29 is 4.74 Å². The van der Waals surface area contributed by atoms with Crippen LogP contribution in [-0.4, -0.2) is 39.5 Å². The van der Waals surface area contributed by atoms with Crippen molar-refractivity contribution in [1.82, 2.24) is 20.2 Å². The molecule has 20 heavy (non-hydrogen) atoms. The number of hydrogen-bond donors (Lipinski definition) is 1. The van der Waals surface area contributed by atoms with Gasteiger partial charge in [0.1, 0.15) is 6.33 Å². The van der Waals surface area contributed by atoms with E-state index < -0.39 is 0 Å². The van der Waals surface area contributed by atoms with E-state index >= 15 is 0 Å². The Bertz CT molecular complexity index is 542. The van der Waals surface area contributed by atoms with Crippen molar-refractivity contribution in [3.63, 3.8) is 0 Å². The molecule has 6 heteroatoms. The number of nitrogens with zero attached hydrogens (tertiary/aromatic N) is 4. The molecule has 3 rings (SSSR count). The van der Waals surface area contributed by atoms with Gasteiger partial charge in [0.2, 0.25) is 0 Å². The molecule has 2 unspecified atom stereocenters. The average Bonchev–Trinajstić information content (AvgIpc) is 3.02. The Morgan fingerprint density at radius 3 is 3.10 bits per heavy atom. The first kappa shape index (κ1) is 13.1. The fraction of sp³-hybridized carbons (Fsp3) is 0.500. The van der Waals surface area contributed by atoms with Crippen molar-refractivity contribution >= 4 is 5.69 Å². The fourth-order valence-electron chi connectivity index (χ4n) is 2.74. The van der Waals surface area contributed by atoms with E-state index in [2.05, 4.69) is 33.0 Å². The molecular weight excluding hydrogens is 254 g/mol. The van der Waals surface area contributed by atoms with E-state index in [1.807, 2.05) is 12.1 Å². The predicted molar refractivity (Wildman–Crippen MR) is 75.8 cm³/mol. The van der Waals surface area contributed by atoms with E-state index in [0.717, 1.165) is 17.8 Å². The zero-order valence-corrected chi connectivity index (χ0v) is 11.6. The van der Waals surface area contributed by atoms with Gasteiger partial charge in [-0.05, 0) is 54.3 Å². The van der Waals surface area contributed by atoms with Gasteiger partial charge in [0.15, 0.2) is 0 Å². The van der Waals surface area contributed by atoms with Crippen LogP contribution in [0.3, 0.4) is 0 Å². The fourth-order valence-corrected chi connectivity index (χ4v) is 2.74. The highest BCUT2D eigenvalue weighted by molar-refractivity contribution is 5.51. The first-order valence-electron chi connectivity index (χ1n) is 6.98. The summed E-state index contributed by atoms with van der Waals surface area (Å²) < 4.78 is 7.13. The zero-order chi connectivity index (χ0) is 13.8. The van der Waals surface area contributed by atoms with Crippen LogP contribution in [0.2, 0.25) is 0 Å². The molecule has 0 saturated heterocycles. The van der Waals surface area contributed by atoms with Gasteiger partial charge < -0.3 is 10.1 Å². The van der Waals surface area contributed by atoms with E-state index in [-0.39, 0.29) is 0 Å². The number of hydrogen-bond acceptors (Lipinski definition) is 5. The molecule has 6 nitrogen and oxygen atoms in total. The number of nitrogens with one attached hydrogen (secondary N) is 1. The van der Waals surface area contributed by atoms with Crippen molar-refractivity contribution in [3.8, 4) is 5.69 Å². The Labute approximate surface area is 118 Å². The Morgan fingerprint density at radius 2 is 2.30 bits per heavy atom. The summed E-state index contributed by atoms with van der Waals surface area (Å²) in [6, 6.07) is 8.60. The van der Waals surface area contributed by atoms with E-state index in [9.17, 15) is 0 Å². The van der Waals surface area contributed by atoms with Crippen LogP contribution in [0.4, 0.5) is 5.69 Å². The summed E-state index contributed by atoms with van der Waals surface area (Å²) >= 11 is 0. The number of benzene rings is 1. The second-order valence-electron chi connectivity index (χ2n) is 5.17. The highest BCUT2D eigenvalue weighted by atomic mass is 16.5. The van der Waals surface area contributed by atoms with E-state index in [1.165, 1.54) is 19.3 Å². The van der Waals surface area contributed by atoms with E-state index in [4.69, 9.17) is 4.74 Å². The molecule has 0 bridgehead atoms. The van der Waals surface area contributed by atoms with Crippen LogP contribution in [0.15, 0.2) is 30.6 Å². The summed E-state index contributed by atoms with van der Waals surface area (Å²) in [6.07, 6.45) is 6.60. The summed E-state index contributed by atoms with van der Waals surface area (Å²) in [6.45, 7) is 0. The number of ether oxygens (including phenoxy) is 1. The number of tetrazole rings is 1. The van der Waals surface area contributed by atoms with Crippen LogP contribution in [-0.2, 0) is 4.74 Å². The lowest BCUT2D eigenvalue weighted by Gasteiger charge is -2.29. The third-order valence-corrected chi connectivity index (χ3v) is 3.79. The molecule has 0 radical (unpaired) electrons. The lowest BCUT2D eigenvalue weighted by atomic mass is 9.92. The third-order valence-electron chi connectivity index (χ3n) is 3.79. The molecule has 0 spiro atoms. The summed E-state index contributed by atoms with van der Waals surface area (Å²) in [7, 11) is 1.80. The summed E-state index contributed by atoms with van der Waals surface area (Å²) in [5.41, 5.74) is 2.05. The molecular formula is C14H19N5O. The minimum atomic E-state index is 0.379. The largest absolute Gasteiger partial charge is 0.382 e. The highest BCUT2D eigenvalue weighted by Gasteiger charge is 2.21. The van der Waals surface area contributed by atoms with Gasteiger partial charge in [0.25, 0.3) is 0 Å². The molecule has 0 aliphatic heterocycles. The first-order chi connectivity index (χ1) is 9.85. The quantitative estimate of drug-likeness (QED) is 0.923. The Hall–Kier alpha value is -1.95. The molecule has 1 fully saturated rings. The van der Waals surface area contributed by atoms with Crippen LogP contribution in [0.1, 0.15) is 25.7 Å². The second-order valence-corrected chi connectivity index (χ2v) is 5.17. The molecule has 1 aliphatic carbocycles. The van der Waals surface area contributed by atoms with Crippen LogP contribution in [0.5, 0.6) is 0 Å². The molecule has 1 saturated carbocycles. The molecule has 1 heterocycles. The van der Waals surface area contributed by atoms with Crippen molar-refractivity contribution in [1.29, 1.82) is 0 Å². The van der Waals surface area contributed by atoms with Crippen molar-refractivity contribution in [3.05, 3.63) is 30.6 Å². The van der Waals surface area contributed by atoms with Crippen LogP contribution < -0.4 is 5.32 Å². The second kappa shape index (κ2) is 6.00. The Morgan fingerprint density at radius 1 is 1.35 bits per heavy atom. The van der Waals surface area contributed by atoms with Gasteiger partial charge in [-0.2, -0.15) is 0 Å². The lowest BCUT2D eigenvalue weighted by molar-refractivity contribution is 0.0669. The normalized spacial score (nSPS) is 22.6. The predicted octanol–water partition coefficient (Wildman–Crippen LogP) is 2.03. The van der Waals surface area contributed by atoms with Gasteiger partial charge >= 0.3 is 0 Å². The number of aromatic nitrogens is 4. The minimum Gasteiger partial charge on any atom is -0.382 e. The summed E-state index contributed by atoms with van der Waals surface area (Å²) in [5, 5.41) is 14.8. The molecule has 1 aromatic heterocycles. The first-order valence-corrected chi connectivity index (χ1v) is 6.98. The van der Waals surface area contributed by atoms with E-state index in [0.29, 0.717) is 12.1 Å². The number of rotatable bonds is 4. The summed E-state index contributed by atoms with van der Waals surface area (Å²) in [5.74, 6) is 0. The van der Waals surface area contributed by atoms with E-state index in [1.54, 1.807) is 18.1 Å². The van der Waals surface area contributed by atoms with Crippen LogP contribution >= 0.6 is 0 Å². The van der Waals surface area contributed by atoms with Crippen molar-refractivity contribution in [2.24, 2.45) is 0 Å². The van der Waals surface area contributed by atoms with Crippen molar-refractivity contribution in [2.45, 2.75) is 37.8 Å². The summed E-state index contributed by atoms with van der Waals surface area (Å²) in [4.78, 5) is 0. The monoisotopic (exact) mass is 273 g/mol. The topological polar surface area (TPSA) is 64.9 Å². The van der Waals surface area contributed by atoms with Gasteiger partial charge in [-0.3, -0.25) is 0 Å². The van der Waals surface area contributed by atoms with Crippen LogP contribution in [0, 0.1) is 0 Å². The maximum absolute atomic E-state index is 5.47. The van der Waals surface area contributed by atoms with Gasteiger partial charge in [-0.15, -0.1) is 5.10 Å². The third kappa shape index (κ3) is 2.96. The zero-order valence-electron chi connectivity index (χ0n) is 11.6. The minimum absolute atomic E-state index is 0.379. The molecule has 0 amide bonds. The molecule has 2 aromatic rings. The molecule has 106 valence electrons. The Balaban J connectivity index is 1.70. The SMILES string of the molecule is COC1CCCC(Nc2cccc(-n3cnnn3)c2)C1. The standard InChI is InChI=1S/C14H19N5O/c1-20-14-7-3-5-12(9-14)16-11-4-2-6-13(8-11)19-10-15-17-18-19/h2,4,6,8,10,12,14,16H,3,5,7,9H2,1H3. The maximum atomic E-state index is 5.47. The van der Waals surface area contributed by atoms with Gasteiger partial charge in [0, 0.05) is 18.8 Å². The molecule has 1 aromatic carbocycles.